The monoisotopic (exact) mass is 329 g/mol. The Hall–Kier alpha value is -3.09. The van der Waals surface area contributed by atoms with Gasteiger partial charge < -0.3 is 14.9 Å². The van der Waals surface area contributed by atoms with Crippen LogP contribution in [-0.4, -0.2) is 25.3 Å². The van der Waals surface area contributed by atoms with Crippen molar-refractivity contribution in [2.75, 3.05) is 14.2 Å². The van der Waals surface area contributed by atoms with Crippen LogP contribution in [0.1, 0.15) is 16.7 Å². The lowest BCUT2D eigenvalue weighted by molar-refractivity contribution is -0.386. The molecule has 0 aliphatic heterocycles. The molecule has 2 aromatic carbocycles. The summed E-state index contributed by atoms with van der Waals surface area (Å²) in [6.07, 6.45) is 1.47. The number of rotatable bonds is 7. The molecule has 0 radical (unpaired) electrons. The van der Waals surface area contributed by atoms with Gasteiger partial charge in [-0.25, -0.2) is 0 Å². The summed E-state index contributed by atoms with van der Waals surface area (Å²) in [6, 6.07) is 10.8. The number of hydrogen-bond donors (Lipinski definition) is 1. The Kier molecular flexibility index (Phi) is 5.73. The molecule has 0 spiro atoms. The molecule has 7 heteroatoms. The first-order chi connectivity index (χ1) is 11.5. The second kappa shape index (κ2) is 7.96. The average Bonchev–Trinajstić information content (AvgIpc) is 2.59. The van der Waals surface area contributed by atoms with Crippen LogP contribution in [0.4, 0.5) is 5.69 Å². The molecular weight excluding hydrogens is 310 g/mol. The van der Waals surface area contributed by atoms with Gasteiger partial charge in [-0.15, -0.1) is 0 Å². The summed E-state index contributed by atoms with van der Waals surface area (Å²) in [6.45, 7) is 2.20. The fourth-order valence-corrected chi connectivity index (χ4v) is 2.09. The molecule has 0 aliphatic rings. The van der Waals surface area contributed by atoms with Gasteiger partial charge in [0, 0.05) is 18.7 Å². The molecule has 1 N–H and O–H groups in total. The second-order valence-corrected chi connectivity index (χ2v) is 5.08. The Balaban J connectivity index is 2.34. The number of hydrazone groups is 1. The van der Waals surface area contributed by atoms with Crippen LogP contribution in [-0.2, 0) is 6.61 Å². The summed E-state index contributed by atoms with van der Waals surface area (Å²) in [5.74, 6) is 0.388. The fraction of sp³-hybridized carbons (Fsp3) is 0.235. The van der Waals surface area contributed by atoms with Crippen molar-refractivity contribution in [3.8, 4) is 11.5 Å². The molecule has 2 rings (SSSR count). The minimum Gasteiger partial charge on any atom is -0.493 e. The number of aryl methyl sites for hydroxylation is 1. The molecule has 0 bridgehead atoms. The number of benzene rings is 2. The predicted octanol–water partition coefficient (Wildman–Crippen LogP) is 3.04. The highest BCUT2D eigenvalue weighted by atomic mass is 16.6. The van der Waals surface area contributed by atoms with Crippen molar-refractivity contribution in [2.45, 2.75) is 13.5 Å². The second-order valence-electron chi connectivity index (χ2n) is 5.08. The number of ether oxygens (including phenoxy) is 2. The third kappa shape index (κ3) is 4.22. The zero-order valence-electron chi connectivity index (χ0n) is 13.8. The first-order valence-corrected chi connectivity index (χ1v) is 7.29. The molecule has 24 heavy (non-hydrogen) atoms. The lowest BCUT2D eigenvalue weighted by Gasteiger charge is -2.12. The zero-order valence-corrected chi connectivity index (χ0v) is 13.8. The van der Waals surface area contributed by atoms with Gasteiger partial charge in [-0.2, -0.15) is 5.10 Å². The molecule has 0 amide bonds. The van der Waals surface area contributed by atoms with E-state index < -0.39 is 4.92 Å². The maximum atomic E-state index is 11.4. The van der Waals surface area contributed by atoms with Crippen LogP contribution in [0.15, 0.2) is 41.5 Å². The summed E-state index contributed by atoms with van der Waals surface area (Å²) < 4.78 is 10.9. The minimum absolute atomic E-state index is 0.102. The summed E-state index contributed by atoms with van der Waals surface area (Å²) in [5.41, 5.74) is 5.01. The summed E-state index contributed by atoms with van der Waals surface area (Å²) in [4.78, 5) is 10.9. The van der Waals surface area contributed by atoms with Gasteiger partial charge in [0.2, 0.25) is 5.75 Å². The molecule has 0 aromatic heterocycles. The quantitative estimate of drug-likeness (QED) is 0.479. The maximum Gasteiger partial charge on any atom is 0.315 e. The molecule has 0 unspecified atom stereocenters. The van der Waals surface area contributed by atoms with Gasteiger partial charge >= 0.3 is 5.69 Å². The molecule has 0 saturated carbocycles. The SMILES string of the molecule is CN/N=C/c1cc(OC)c(OCc2ccc(C)cc2)c([N+](=O)[O-])c1. The zero-order chi connectivity index (χ0) is 17.5. The largest absolute Gasteiger partial charge is 0.493 e. The summed E-state index contributed by atoms with van der Waals surface area (Å²) >= 11 is 0. The van der Waals surface area contributed by atoms with Crippen molar-refractivity contribution in [2.24, 2.45) is 5.10 Å². The van der Waals surface area contributed by atoms with Gasteiger partial charge in [0.05, 0.1) is 18.2 Å². The van der Waals surface area contributed by atoms with E-state index in [2.05, 4.69) is 10.5 Å². The third-order valence-electron chi connectivity index (χ3n) is 3.32. The molecule has 126 valence electrons. The Bertz CT molecular complexity index is 742. The average molecular weight is 329 g/mol. The normalized spacial score (nSPS) is 10.6. The fourth-order valence-electron chi connectivity index (χ4n) is 2.09. The van der Waals surface area contributed by atoms with Crippen LogP contribution in [0.3, 0.4) is 0 Å². The molecular formula is C17H19N3O4. The van der Waals surface area contributed by atoms with E-state index in [4.69, 9.17) is 9.47 Å². The van der Waals surface area contributed by atoms with E-state index in [0.717, 1.165) is 11.1 Å². The molecule has 0 fully saturated rings. The highest BCUT2D eigenvalue weighted by Crippen LogP contribution is 2.38. The Labute approximate surface area is 140 Å². The van der Waals surface area contributed by atoms with Crippen LogP contribution >= 0.6 is 0 Å². The van der Waals surface area contributed by atoms with Gasteiger partial charge in [-0.05, 0) is 18.6 Å². The van der Waals surface area contributed by atoms with E-state index in [1.165, 1.54) is 19.4 Å². The molecule has 0 saturated heterocycles. The molecule has 0 heterocycles. The smallest absolute Gasteiger partial charge is 0.315 e. The maximum absolute atomic E-state index is 11.4. The van der Waals surface area contributed by atoms with Crippen molar-refractivity contribution in [3.05, 3.63) is 63.2 Å². The van der Waals surface area contributed by atoms with Crippen molar-refractivity contribution in [1.29, 1.82) is 0 Å². The topological polar surface area (TPSA) is 86.0 Å². The van der Waals surface area contributed by atoms with Crippen LogP contribution < -0.4 is 14.9 Å². The van der Waals surface area contributed by atoms with Crippen molar-refractivity contribution < 1.29 is 14.4 Å². The van der Waals surface area contributed by atoms with Crippen LogP contribution in [0, 0.1) is 17.0 Å². The summed E-state index contributed by atoms with van der Waals surface area (Å²) in [5, 5.41) is 15.2. The number of nitro groups is 1. The van der Waals surface area contributed by atoms with Crippen molar-refractivity contribution in [3.63, 3.8) is 0 Å². The van der Waals surface area contributed by atoms with E-state index in [1.54, 1.807) is 13.1 Å². The molecule has 7 nitrogen and oxygen atoms in total. The van der Waals surface area contributed by atoms with E-state index in [1.807, 2.05) is 31.2 Å². The number of hydrogen-bond acceptors (Lipinski definition) is 6. The van der Waals surface area contributed by atoms with Gasteiger partial charge in [0.1, 0.15) is 6.61 Å². The van der Waals surface area contributed by atoms with Gasteiger partial charge in [0.15, 0.2) is 5.75 Å². The van der Waals surface area contributed by atoms with E-state index in [-0.39, 0.29) is 23.8 Å². The third-order valence-corrected chi connectivity index (χ3v) is 3.32. The molecule has 2 aromatic rings. The van der Waals surface area contributed by atoms with Gasteiger partial charge in [-0.1, -0.05) is 29.8 Å². The Morgan fingerprint density at radius 1 is 1.29 bits per heavy atom. The first kappa shape index (κ1) is 17.3. The highest BCUT2D eigenvalue weighted by Gasteiger charge is 2.22. The summed E-state index contributed by atoms with van der Waals surface area (Å²) in [7, 11) is 3.08. The lowest BCUT2D eigenvalue weighted by Crippen LogP contribution is -2.03. The number of nitrogens with zero attached hydrogens (tertiary/aromatic N) is 2. The van der Waals surface area contributed by atoms with E-state index in [0.29, 0.717) is 5.56 Å². The Morgan fingerprint density at radius 3 is 2.58 bits per heavy atom. The lowest BCUT2D eigenvalue weighted by atomic mass is 10.1. The van der Waals surface area contributed by atoms with E-state index >= 15 is 0 Å². The first-order valence-electron chi connectivity index (χ1n) is 7.29. The number of nitro benzene ring substituents is 1. The van der Waals surface area contributed by atoms with Crippen LogP contribution in [0.25, 0.3) is 0 Å². The predicted molar refractivity (Wildman–Crippen MR) is 91.8 cm³/mol. The molecule has 0 atom stereocenters. The van der Waals surface area contributed by atoms with Crippen molar-refractivity contribution >= 4 is 11.9 Å². The standard InChI is InChI=1S/C17H19N3O4/c1-12-4-6-13(7-5-12)11-24-17-15(20(21)22)8-14(10-19-18-2)9-16(17)23-3/h4-10,18H,11H2,1-3H3/b19-10+. The van der Waals surface area contributed by atoms with E-state index in [9.17, 15) is 10.1 Å². The van der Waals surface area contributed by atoms with Crippen LogP contribution in [0.2, 0.25) is 0 Å². The Morgan fingerprint density at radius 2 is 2.00 bits per heavy atom. The van der Waals surface area contributed by atoms with Gasteiger partial charge in [-0.3, -0.25) is 10.1 Å². The minimum atomic E-state index is -0.496. The van der Waals surface area contributed by atoms with Crippen molar-refractivity contribution in [1.82, 2.24) is 5.43 Å². The van der Waals surface area contributed by atoms with Crippen LogP contribution in [0.5, 0.6) is 11.5 Å². The highest BCUT2D eigenvalue weighted by molar-refractivity contribution is 5.83. The number of methoxy groups -OCH3 is 1. The molecule has 0 aliphatic carbocycles. The van der Waals surface area contributed by atoms with Gasteiger partial charge in [0.25, 0.3) is 0 Å². The number of nitrogens with one attached hydrogen (secondary N) is 1.